The van der Waals surface area contributed by atoms with Gasteiger partial charge in [-0.25, -0.2) is 0 Å². The van der Waals surface area contributed by atoms with Crippen LogP contribution in [0.15, 0.2) is 47.4 Å². The van der Waals surface area contributed by atoms with Gasteiger partial charge in [0.25, 0.3) is 0 Å². The van der Waals surface area contributed by atoms with E-state index in [1.807, 2.05) is 29.8 Å². The van der Waals surface area contributed by atoms with E-state index in [9.17, 15) is 4.79 Å². The number of hydrogen-bond donors (Lipinski definition) is 0. The molecule has 2 rings (SSSR count). The first-order chi connectivity index (χ1) is 9.70. The standard InChI is InChI=1S/C16H18ClNO2/c1-18-12-16(15(19)10-14(18)11-17)20-9-5-8-13-6-3-2-4-7-13/h2-4,6-7,10,12H,5,8-9,11H2,1H3. The van der Waals surface area contributed by atoms with Crippen molar-refractivity contribution in [3.63, 3.8) is 0 Å². The van der Waals surface area contributed by atoms with Gasteiger partial charge in [0.1, 0.15) is 0 Å². The second-order valence-corrected chi connectivity index (χ2v) is 4.94. The summed E-state index contributed by atoms with van der Waals surface area (Å²) in [7, 11) is 1.86. The topological polar surface area (TPSA) is 31.2 Å². The molecule has 0 saturated carbocycles. The smallest absolute Gasteiger partial charge is 0.223 e. The summed E-state index contributed by atoms with van der Waals surface area (Å²) in [5.41, 5.74) is 1.95. The molecular formula is C16H18ClNO2. The molecule has 0 radical (unpaired) electrons. The molecule has 0 bridgehead atoms. The Labute approximate surface area is 123 Å². The van der Waals surface area contributed by atoms with Crippen molar-refractivity contribution in [2.45, 2.75) is 18.7 Å². The molecule has 0 fully saturated rings. The monoisotopic (exact) mass is 291 g/mol. The summed E-state index contributed by atoms with van der Waals surface area (Å²) in [5, 5.41) is 0. The van der Waals surface area contributed by atoms with E-state index in [-0.39, 0.29) is 5.43 Å². The highest BCUT2D eigenvalue weighted by Crippen LogP contribution is 2.09. The van der Waals surface area contributed by atoms with Gasteiger partial charge in [-0.05, 0) is 18.4 Å². The van der Waals surface area contributed by atoms with Crippen LogP contribution in [0.3, 0.4) is 0 Å². The fourth-order valence-corrected chi connectivity index (χ4v) is 2.26. The molecule has 0 spiro atoms. The molecule has 0 aliphatic heterocycles. The summed E-state index contributed by atoms with van der Waals surface area (Å²) in [6.45, 7) is 0.532. The quantitative estimate of drug-likeness (QED) is 0.605. The second-order valence-electron chi connectivity index (χ2n) is 4.68. The predicted octanol–water partition coefficient (Wildman–Crippen LogP) is 3.14. The number of aromatic nitrogens is 1. The third-order valence-electron chi connectivity index (χ3n) is 3.15. The molecule has 0 unspecified atom stereocenters. The number of pyridine rings is 1. The predicted molar refractivity (Wildman–Crippen MR) is 81.5 cm³/mol. The van der Waals surface area contributed by atoms with E-state index in [2.05, 4.69) is 12.1 Å². The van der Waals surface area contributed by atoms with E-state index in [1.165, 1.54) is 11.6 Å². The van der Waals surface area contributed by atoms with Crippen molar-refractivity contribution in [3.8, 4) is 5.75 Å². The Morgan fingerprint density at radius 2 is 2.00 bits per heavy atom. The van der Waals surface area contributed by atoms with Crippen molar-refractivity contribution < 1.29 is 4.74 Å². The summed E-state index contributed by atoms with van der Waals surface area (Å²) >= 11 is 5.75. The van der Waals surface area contributed by atoms with E-state index >= 15 is 0 Å². The Morgan fingerprint density at radius 3 is 2.70 bits per heavy atom. The largest absolute Gasteiger partial charge is 0.488 e. The van der Waals surface area contributed by atoms with Crippen LogP contribution in [0.5, 0.6) is 5.75 Å². The van der Waals surface area contributed by atoms with Gasteiger partial charge in [0.05, 0.1) is 18.7 Å². The normalized spacial score (nSPS) is 10.5. The fraction of sp³-hybridized carbons (Fsp3) is 0.312. The van der Waals surface area contributed by atoms with Gasteiger partial charge in [-0.3, -0.25) is 4.79 Å². The summed E-state index contributed by atoms with van der Waals surface area (Å²) in [6.07, 6.45) is 3.52. The van der Waals surface area contributed by atoms with Gasteiger partial charge in [0.15, 0.2) is 5.75 Å². The summed E-state index contributed by atoms with van der Waals surface area (Å²) in [5.74, 6) is 0.703. The molecule has 106 valence electrons. The molecule has 20 heavy (non-hydrogen) atoms. The van der Waals surface area contributed by atoms with Gasteiger partial charge in [0, 0.05) is 18.8 Å². The molecule has 1 aromatic carbocycles. The van der Waals surface area contributed by atoms with E-state index in [1.54, 1.807) is 6.20 Å². The van der Waals surface area contributed by atoms with E-state index < -0.39 is 0 Å². The van der Waals surface area contributed by atoms with Crippen molar-refractivity contribution >= 4 is 11.6 Å². The van der Waals surface area contributed by atoms with Crippen LogP contribution in [0.2, 0.25) is 0 Å². The zero-order valence-electron chi connectivity index (χ0n) is 11.5. The molecule has 0 atom stereocenters. The highest BCUT2D eigenvalue weighted by molar-refractivity contribution is 6.16. The molecule has 0 amide bonds. The molecule has 0 aliphatic carbocycles. The van der Waals surface area contributed by atoms with Crippen molar-refractivity contribution in [1.82, 2.24) is 4.57 Å². The van der Waals surface area contributed by atoms with Crippen LogP contribution < -0.4 is 10.2 Å². The summed E-state index contributed by atoms with van der Waals surface area (Å²) < 4.78 is 7.38. The first-order valence-corrected chi connectivity index (χ1v) is 7.16. The zero-order valence-corrected chi connectivity index (χ0v) is 12.3. The number of nitrogens with zero attached hydrogens (tertiary/aromatic N) is 1. The number of hydrogen-bond acceptors (Lipinski definition) is 2. The lowest BCUT2D eigenvalue weighted by Gasteiger charge is -2.10. The number of alkyl halides is 1. The van der Waals surface area contributed by atoms with Gasteiger partial charge < -0.3 is 9.30 Å². The molecule has 2 aromatic rings. The van der Waals surface area contributed by atoms with Crippen LogP contribution in [-0.2, 0) is 19.3 Å². The van der Waals surface area contributed by atoms with E-state index in [4.69, 9.17) is 16.3 Å². The van der Waals surface area contributed by atoms with Crippen LogP contribution >= 0.6 is 11.6 Å². The third-order valence-corrected chi connectivity index (χ3v) is 3.43. The van der Waals surface area contributed by atoms with Crippen LogP contribution in [-0.4, -0.2) is 11.2 Å². The summed E-state index contributed by atoms with van der Waals surface area (Å²) in [4.78, 5) is 11.8. The number of aryl methyl sites for hydroxylation is 2. The van der Waals surface area contributed by atoms with Gasteiger partial charge >= 0.3 is 0 Å². The van der Waals surface area contributed by atoms with Crippen molar-refractivity contribution in [1.29, 1.82) is 0 Å². The number of benzene rings is 1. The molecule has 0 saturated heterocycles. The van der Waals surface area contributed by atoms with E-state index in [0.717, 1.165) is 18.5 Å². The number of rotatable bonds is 6. The third kappa shape index (κ3) is 3.87. The lowest BCUT2D eigenvalue weighted by atomic mass is 10.1. The lowest BCUT2D eigenvalue weighted by molar-refractivity contribution is 0.305. The highest BCUT2D eigenvalue weighted by Gasteiger charge is 2.04. The Bertz CT molecular complexity index is 608. The maximum Gasteiger partial charge on any atom is 0.223 e. The van der Waals surface area contributed by atoms with Crippen LogP contribution in [0, 0.1) is 0 Å². The highest BCUT2D eigenvalue weighted by atomic mass is 35.5. The second kappa shape index (κ2) is 7.15. The molecule has 1 heterocycles. The first-order valence-electron chi connectivity index (χ1n) is 6.63. The van der Waals surface area contributed by atoms with Gasteiger partial charge in [0.2, 0.25) is 5.43 Å². The van der Waals surface area contributed by atoms with Crippen LogP contribution in [0.1, 0.15) is 17.7 Å². The van der Waals surface area contributed by atoms with E-state index in [0.29, 0.717) is 18.2 Å². The van der Waals surface area contributed by atoms with Gasteiger partial charge in [-0.15, -0.1) is 11.6 Å². The molecular weight excluding hydrogens is 274 g/mol. The Hall–Kier alpha value is -1.74. The fourth-order valence-electron chi connectivity index (χ4n) is 1.99. The molecule has 0 N–H and O–H groups in total. The molecule has 0 aliphatic rings. The minimum absolute atomic E-state index is 0.113. The minimum Gasteiger partial charge on any atom is -0.488 e. The Balaban J connectivity index is 1.88. The Morgan fingerprint density at radius 1 is 1.25 bits per heavy atom. The maximum absolute atomic E-state index is 11.8. The zero-order chi connectivity index (χ0) is 14.4. The van der Waals surface area contributed by atoms with Crippen LogP contribution in [0.4, 0.5) is 0 Å². The average Bonchev–Trinajstić information content (AvgIpc) is 2.47. The molecule has 4 heteroatoms. The lowest BCUT2D eigenvalue weighted by Crippen LogP contribution is -2.13. The van der Waals surface area contributed by atoms with Gasteiger partial charge in [-0.1, -0.05) is 30.3 Å². The van der Waals surface area contributed by atoms with Crippen molar-refractivity contribution in [2.24, 2.45) is 7.05 Å². The molecule has 1 aromatic heterocycles. The van der Waals surface area contributed by atoms with Crippen molar-refractivity contribution in [2.75, 3.05) is 6.61 Å². The number of halogens is 1. The van der Waals surface area contributed by atoms with Crippen LogP contribution in [0.25, 0.3) is 0 Å². The number of ether oxygens (including phenoxy) is 1. The average molecular weight is 292 g/mol. The first kappa shape index (κ1) is 14.7. The Kier molecular flexibility index (Phi) is 5.24. The minimum atomic E-state index is -0.113. The SMILES string of the molecule is Cn1cc(OCCCc2ccccc2)c(=O)cc1CCl. The van der Waals surface area contributed by atoms with Gasteiger partial charge in [-0.2, -0.15) is 0 Å². The molecule has 3 nitrogen and oxygen atoms in total. The summed E-state index contributed by atoms with van der Waals surface area (Å²) in [6, 6.07) is 11.8. The van der Waals surface area contributed by atoms with Crippen molar-refractivity contribution in [3.05, 3.63) is 64.1 Å². The maximum atomic E-state index is 11.8.